The SMILES string of the molecule is CC(C)CC1C(=O)NC2(CCCC2)C(=O)N1CC(F)F. The summed E-state index contributed by atoms with van der Waals surface area (Å²) >= 11 is 0. The molecule has 2 rings (SSSR count). The van der Waals surface area contributed by atoms with Crippen molar-refractivity contribution in [1.82, 2.24) is 10.2 Å². The van der Waals surface area contributed by atoms with E-state index in [-0.39, 0.29) is 17.7 Å². The van der Waals surface area contributed by atoms with Gasteiger partial charge in [0.1, 0.15) is 11.6 Å². The predicted octanol–water partition coefficient (Wildman–Crippen LogP) is 1.94. The van der Waals surface area contributed by atoms with E-state index in [1.54, 1.807) is 0 Å². The van der Waals surface area contributed by atoms with Crippen LogP contribution < -0.4 is 5.32 Å². The van der Waals surface area contributed by atoms with Crippen LogP contribution in [0.25, 0.3) is 0 Å². The molecule has 20 heavy (non-hydrogen) atoms. The van der Waals surface area contributed by atoms with Gasteiger partial charge < -0.3 is 10.2 Å². The van der Waals surface area contributed by atoms with Gasteiger partial charge in [-0.15, -0.1) is 0 Å². The van der Waals surface area contributed by atoms with Gasteiger partial charge in [0, 0.05) is 0 Å². The second-order valence-corrected chi connectivity index (χ2v) is 6.27. The molecule has 1 heterocycles. The van der Waals surface area contributed by atoms with Crippen molar-refractivity contribution in [2.75, 3.05) is 6.54 Å². The highest BCUT2D eigenvalue weighted by molar-refractivity contribution is 6.00. The molecule has 2 aliphatic rings. The Morgan fingerprint density at radius 3 is 2.40 bits per heavy atom. The fourth-order valence-electron chi connectivity index (χ4n) is 3.29. The number of piperazine rings is 1. The zero-order chi connectivity index (χ0) is 14.9. The average Bonchev–Trinajstić information content (AvgIpc) is 2.79. The quantitative estimate of drug-likeness (QED) is 0.859. The van der Waals surface area contributed by atoms with E-state index in [4.69, 9.17) is 0 Å². The van der Waals surface area contributed by atoms with E-state index in [1.807, 2.05) is 13.8 Å². The van der Waals surface area contributed by atoms with Gasteiger partial charge in [-0.3, -0.25) is 9.59 Å². The van der Waals surface area contributed by atoms with Crippen molar-refractivity contribution in [1.29, 1.82) is 0 Å². The summed E-state index contributed by atoms with van der Waals surface area (Å²) in [5.41, 5.74) is -0.917. The lowest BCUT2D eigenvalue weighted by molar-refractivity contribution is -0.157. The highest BCUT2D eigenvalue weighted by Crippen LogP contribution is 2.35. The fraction of sp³-hybridized carbons (Fsp3) is 0.857. The highest BCUT2D eigenvalue weighted by atomic mass is 19.3. The molecule has 1 N–H and O–H groups in total. The summed E-state index contributed by atoms with van der Waals surface area (Å²) in [5.74, 6) is -0.433. The van der Waals surface area contributed by atoms with Gasteiger partial charge in [-0.2, -0.15) is 0 Å². The highest BCUT2D eigenvalue weighted by Gasteiger charge is 2.52. The number of hydrogen-bond acceptors (Lipinski definition) is 2. The Hall–Kier alpha value is -1.20. The van der Waals surface area contributed by atoms with Crippen molar-refractivity contribution < 1.29 is 18.4 Å². The van der Waals surface area contributed by atoms with Gasteiger partial charge in [-0.1, -0.05) is 26.7 Å². The molecular weight excluding hydrogens is 266 g/mol. The Morgan fingerprint density at radius 1 is 1.30 bits per heavy atom. The molecule has 0 bridgehead atoms. The molecule has 1 saturated heterocycles. The van der Waals surface area contributed by atoms with Crippen molar-refractivity contribution in [3.63, 3.8) is 0 Å². The molecule has 1 aliphatic heterocycles. The fourth-order valence-corrected chi connectivity index (χ4v) is 3.29. The molecule has 4 nitrogen and oxygen atoms in total. The molecule has 0 radical (unpaired) electrons. The van der Waals surface area contributed by atoms with Gasteiger partial charge in [0.15, 0.2) is 0 Å². The van der Waals surface area contributed by atoms with Crippen molar-refractivity contribution in [2.45, 2.75) is 64.0 Å². The van der Waals surface area contributed by atoms with Crippen LogP contribution in [-0.4, -0.2) is 41.3 Å². The number of halogens is 2. The first-order valence-electron chi connectivity index (χ1n) is 7.27. The number of alkyl halides is 2. The first-order valence-corrected chi connectivity index (χ1v) is 7.27. The summed E-state index contributed by atoms with van der Waals surface area (Å²) in [5, 5.41) is 2.83. The summed E-state index contributed by atoms with van der Waals surface area (Å²) in [7, 11) is 0. The molecule has 0 aromatic rings. The summed E-state index contributed by atoms with van der Waals surface area (Å²) in [4.78, 5) is 26.0. The first-order chi connectivity index (χ1) is 9.35. The van der Waals surface area contributed by atoms with Crippen molar-refractivity contribution in [3.8, 4) is 0 Å². The largest absolute Gasteiger partial charge is 0.340 e. The van der Waals surface area contributed by atoms with Gasteiger partial charge >= 0.3 is 0 Å². The van der Waals surface area contributed by atoms with Gasteiger partial charge in [-0.25, -0.2) is 8.78 Å². The topological polar surface area (TPSA) is 49.4 Å². The number of hydrogen-bond donors (Lipinski definition) is 1. The zero-order valence-corrected chi connectivity index (χ0v) is 12.0. The van der Waals surface area contributed by atoms with E-state index in [0.29, 0.717) is 19.3 Å². The third-order valence-electron chi connectivity index (χ3n) is 4.20. The normalized spacial score (nSPS) is 25.9. The van der Waals surface area contributed by atoms with Crippen LogP contribution in [0, 0.1) is 5.92 Å². The summed E-state index contributed by atoms with van der Waals surface area (Å²) < 4.78 is 25.6. The van der Waals surface area contributed by atoms with Crippen LogP contribution >= 0.6 is 0 Å². The summed E-state index contributed by atoms with van der Waals surface area (Å²) in [6.45, 7) is 3.18. The molecule has 0 aromatic heterocycles. The number of nitrogens with one attached hydrogen (secondary N) is 1. The van der Waals surface area contributed by atoms with E-state index in [2.05, 4.69) is 5.32 Å². The molecule has 2 amide bonds. The van der Waals surface area contributed by atoms with Crippen molar-refractivity contribution >= 4 is 11.8 Å². The zero-order valence-electron chi connectivity index (χ0n) is 12.0. The molecule has 2 fully saturated rings. The number of amides is 2. The van der Waals surface area contributed by atoms with E-state index in [1.165, 1.54) is 0 Å². The van der Waals surface area contributed by atoms with Gasteiger partial charge in [-0.05, 0) is 25.2 Å². The predicted molar refractivity (Wildman–Crippen MR) is 70.3 cm³/mol. The lowest BCUT2D eigenvalue weighted by Gasteiger charge is -2.44. The third kappa shape index (κ3) is 2.79. The van der Waals surface area contributed by atoms with E-state index < -0.39 is 24.6 Å². The van der Waals surface area contributed by atoms with Gasteiger partial charge in [0.05, 0.1) is 6.54 Å². The Bertz CT molecular complexity index is 393. The molecule has 0 aromatic carbocycles. The minimum absolute atomic E-state index is 0.163. The van der Waals surface area contributed by atoms with Gasteiger partial charge in [0.25, 0.3) is 6.43 Å². The minimum Gasteiger partial charge on any atom is -0.340 e. The van der Waals surface area contributed by atoms with Crippen LogP contribution in [0.4, 0.5) is 8.78 Å². The molecule has 1 atom stereocenters. The Labute approximate surface area is 117 Å². The molecule has 1 aliphatic carbocycles. The van der Waals surface area contributed by atoms with Gasteiger partial charge in [0.2, 0.25) is 11.8 Å². The Kier molecular flexibility index (Phi) is 4.30. The third-order valence-corrected chi connectivity index (χ3v) is 4.20. The Balaban J connectivity index is 2.26. The molecular formula is C14H22F2N2O2. The number of carbonyl (C=O) groups is 2. The van der Waals surface area contributed by atoms with E-state index >= 15 is 0 Å². The van der Waals surface area contributed by atoms with E-state index in [0.717, 1.165) is 17.7 Å². The number of nitrogens with zero attached hydrogens (tertiary/aromatic N) is 1. The standard InChI is InChI=1S/C14H22F2N2O2/c1-9(2)7-10-12(19)17-14(5-3-4-6-14)13(20)18(10)8-11(15)16/h9-11H,3-8H2,1-2H3,(H,17,19). The summed E-state index contributed by atoms with van der Waals surface area (Å²) in [6.07, 6.45) is 0.628. The lowest BCUT2D eigenvalue weighted by Crippen LogP contribution is -2.70. The van der Waals surface area contributed by atoms with Crippen LogP contribution in [0.15, 0.2) is 0 Å². The summed E-state index contributed by atoms with van der Waals surface area (Å²) in [6, 6.07) is -0.761. The minimum atomic E-state index is -2.61. The van der Waals surface area contributed by atoms with Crippen LogP contribution in [0.3, 0.4) is 0 Å². The maximum Gasteiger partial charge on any atom is 0.255 e. The Morgan fingerprint density at radius 2 is 1.90 bits per heavy atom. The molecule has 1 unspecified atom stereocenters. The molecule has 6 heteroatoms. The number of rotatable bonds is 4. The van der Waals surface area contributed by atoms with Crippen molar-refractivity contribution in [3.05, 3.63) is 0 Å². The first kappa shape index (κ1) is 15.2. The number of carbonyl (C=O) groups excluding carboxylic acids is 2. The maximum absolute atomic E-state index is 12.8. The maximum atomic E-state index is 12.8. The second kappa shape index (κ2) is 5.66. The average molecular weight is 288 g/mol. The van der Waals surface area contributed by atoms with Crippen LogP contribution in [0.5, 0.6) is 0 Å². The van der Waals surface area contributed by atoms with Crippen LogP contribution in [0.2, 0.25) is 0 Å². The molecule has 114 valence electrons. The molecule has 1 saturated carbocycles. The van der Waals surface area contributed by atoms with Crippen LogP contribution in [-0.2, 0) is 9.59 Å². The lowest BCUT2D eigenvalue weighted by atomic mass is 9.88. The molecule has 1 spiro atoms. The van der Waals surface area contributed by atoms with Crippen molar-refractivity contribution in [2.24, 2.45) is 5.92 Å². The van der Waals surface area contributed by atoms with Crippen LogP contribution in [0.1, 0.15) is 46.0 Å². The monoisotopic (exact) mass is 288 g/mol. The smallest absolute Gasteiger partial charge is 0.255 e. The van der Waals surface area contributed by atoms with E-state index in [9.17, 15) is 18.4 Å². The second-order valence-electron chi connectivity index (χ2n) is 6.27.